The molecule has 9 heteroatoms. The van der Waals surface area contributed by atoms with Crippen LogP contribution in [0.3, 0.4) is 0 Å². The van der Waals surface area contributed by atoms with Crippen LogP contribution in [-0.4, -0.2) is 31.7 Å². The molecule has 2 aromatic rings. The van der Waals surface area contributed by atoms with Crippen LogP contribution in [0, 0.1) is 0 Å². The maximum atomic E-state index is 12.9. The zero-order chi connectivity index (χ0) is 19.6. The highest BCUT2D eigenvalue weighted by atomic mass is 79.9. The number of piperidine rings is 1. The molecule has 0 bridgehead atoms. The van der Waals surface area contributed by atoms with Gasteiger partial charge in [0.25, 0.3) is 5.91 Å². The molecule has 0 spiro atoms. The van der Waals surface area contributed by atoms with Crippen LogP contribution in [0.25, 0.3) is 0 Å². The van der Waals surface area contributed by atoms with Crippen LogP contribution in [-0.2, 0) is 10.0 Å². The van der Waals surface area contributed by atoms with E-state index >= 15 is 0 Å². The Kier molecular flexibility index (Phi) is 6.48. The fourth-order valence-electron chi connectivity index (χ4n) is 2.89. The van der Waals surface area contributed by atoms with Crippen molar-refractivity contribution in [3.8, 4) is 0 Å². The molecule has 2 aromatic carbocycles. The normalized spacial score (nSPS) is 15.5. The summed E-state index contributed by atoms with van der Waals surface area (Å²) >= 11 is 15.5. The Balaban J connectivity index is 1.89. The van der Waals surface area contributed by atoms with E-state index in [1.165, 1.54) is 16.4 Å². The summed E-state index contributed by atoms with van der Waals surface area (Å²) in [4.78, 5) is 12.5. The zero-order valence-electron chi connectivity index (χ0n) is 14.2. The second-order valence-electron chi connectivity index (χ2n) is 6.19. The molecular weight excluding hydrogens is 475 g/mol. The molecule has 27 heavy (non-hydrogen) atoms. The van der Waals surface area contributed by atoms with Crippen LogP contribution in [0.5, 0.6) is 0 Å². The molecule has 5 nitrogen and oxygen atoms in total. The van der Waals surface area contributed by atoms with E-state index < -0.39 is 15.9 Å². The lowest BCUT2D eigenvalue weighted by Gasteiger charge is -2.26. The van der Waals surface area contributed by atoms with Gasteiger partial charge in [-0.25, -0.2) is 8.42 Å². The molecule has 1 aliphatic heterocycles. The number of carbonyl (C=O) groups is 1. The molecule has 3 rings (SSSR count). The highest BCUT2D eigenvalue weighted by Gasteiger charge is 2.28. The fraction of sp³-hybridized carbons (Fsp3) is 0.278. The van der Waals surface area contributed by atoms with Crippen molar-refractivity contribution in [2.75, 3.05) is 18.4 Å². The van der Waals surface area contributed by atoms with E-state index in [2.05, 4.69) is 21.2 Å². The number of amides is 1. The Hall–Kier alpha value is -1.12. The number of nitrogens with zero attached hydrogens (tertiary/aromatic N) is 1. The maximum Gasteiger partial charge on any atom is 0.257 e. The summed E-state index contributed by atoms with van der Waals surface area (Å²) < 4.78 is 28.0. The quantitative estimate of drug-likeness (QED) is 0.640. The van der Waals surface area contributed by atoms with Gasteiger partial charge in [-0.3, -0.25) is 4.79 Å². The van der Waals surface area contributed by atoms with Crippen LogP contribution in [0.1, 0.15) is 29.6 Å². The van der Waals surface area contributed by atoms with Crippen molar-refractivity contribution >= 4 is 60.7 Å². The van der Waals surface area contributed by atoms with Gasteiger partial charge in [0, 0.05) is 23.2 Å². The predicted molar refractivity (Wildman–Crippen MR) is 111 cm³/mol. The molecule has 1 fully saturated rings. The van der Waals surface area contributed by atoms with Crippen molar-refractivity contribution < 1.29 is 13.2 Å². The highest BCUT2D eigenvalue weighted by Crippen LogP contribution is 2.30. The molecule has 1 heterocycles. The molecule has 0 saturated carbocycles. The van der Waals surface area contributed by atoms with E-state index in [9.17, 15) is 13.2 Å². The molecule has 144 valence electrons. The van der Waals surface area contributed by atoms with E-state index in [-0.39, 0.29) is 15.5 Å². The molecule has 0 radical (unpaired) electrons. The van der Waals surface area contributed by atoms with Gasteiger partial charge in [-0.05, 0) is 49.2 Å². The molecule has 1 saturated heterocycles. The van der Waals surface area contributed by atoms with Gasteiger partial charge in [-0.15, -0.1) is 0 Å². The van der Waals surface area contributed by atoms with Gasteiger partial charge in [0.1, 0.15) is 4.90 Å². The summed E-state index contributed by atoms with van der Waals surface area (Å²) in [5, 5.41) is 3.10. The summed E-state index contributed by atoms with van der Waals surface area (Å²) in [5.41, 5.74) is 0.609. The SMILES string of the molecule is O=C(Nc1ccc(Cl)c(S(=O)(=O)N2CCCCC2)c1)c1cc(Br)ccc1Cl. The van der Waals surface area contributed by atoms with Crippen LogP contribution in [0.2, 0.25) is 10.0 Å². The zero-order valence-corrected chi connectivity index (χ0v) is 18.1. The number of halogens is 3. The first-order valence-corrected chi connectivity index (χ1v) is 11.3. The topological polar surface area (TPSA) is 66.5 Å². The van der Waals surface area contributed by atoms with E-state index in [0.29, 0.717) is 28.3 Å². The van der Waals surface area contributed by atoms with Gasteiger partial charge in [0.15, 0.2) is 0 Å². The largest absolute Gasteiger partial charge is 0.322 e. The number of benzene rings is 2. The van der Waals surface area contributed by atoms with E-state index in [1.807, 2.05) is 0 Å². The Bertz CT molecular complexity index is 977. The summed E-state index contributed by atoms with van der Waals surface area (Å²) in [7, 11) is -3.71. The van der Waals surface area contributed by atoms with Gasteiger partial charge >= 0.3 is 0 Å². The lowest BCUT2D eigenvalue weighted by molar-refractivity contribution is 0.102. The molecule has 0 atom stereocenters. The van der Waals surface area contributed by atoms with Crippen LogP contribution in [0.15, 0.2) is 45.8 Å². The first-order valence-electron chi connectivity index (χ1n) is 8.35. The smallest absolute Gasteiger partial charge is 0.257 e. The molecule has 0 aliphatic carbocycles. The summed E-state index contributed by atoms with van der Waals surface area (Å²) in [6.45, 7) is 0.950. The number of sulfonamides is 1. The standard InChI is InChI=1S/C18H17BrCl2N2O3S/c19-12-4-6-15(20)14(10-12)18(24)22-13-5-7-16(21)17(11-13)27(25,26)23-8-2-1-3-9-23/h4-7,10-11H,1-3,8-9H2,(H,22,24). The lowest BCUT2D eigenvalue weighted by atomic mass is 10.2. The van der Waals surface area contributed by atoms with Crippen molar-refractivity contribution in [1.29, 1.82) is 0 Å². The third-order valence-electron chi connectivity index (χ3n) is 4.29. The number of hydrogen-bond acceptors (Lipinski definition) is 3. The molecule has 0 aromatic heterocycles. The van der Waals surface area contributed by atoms with E-state index in [1.54, 1.807) is 24.3 Å². The summed E-state index contributed by atoms with van der Waals surface area (Å²) in [5.74, 6) is -0.440. The highest BCUT2D eigenvalue weighted by molar-refractivity contribution is 9.10. The number of carbonyl (C=O) groups excluding carboxylic acids is 1. The fourth-order valence-corrected chi connectivity index (χ4v) is 5.48. The van der Waals surface area contributed by atoms with Gasteiger partial charge in [0.2, 0.25) is 10.0 Å². The first kappa shape index (κ1) is 20.6. The minimum atomic E-state index is -3.71. The maximum absolute atomic E-state index is 12.9. The van der Waals surface area contributed by atoms with Crippen LogP contribution >= 0.6 is 39.1 Å². The Morgan fingerprint density at radius 3 is 2.37 bits per heavy atom. The van der Waals surface area contributed by atoms with Crippen molar-refractivity contribution in [1.82, 2.24) is 4.31 Å². The third kappa shape index (κ3) is 4.66. The second-order valence-corrected chi connectivity index (χ2v) is 9.82. The number of hydrogen-bond donors (Lipinski definition) is 1. The van der Waals surface area contributed by atoms with E-state index in [0.717, 1.165) is 19.3 Å². The average molecular weight is 492 g/mol. The molecular formula is C18H17BrCl2N2O3S. The van der Waals surface area contributed by atoms with Gasteiger partial charge in [0.05, 0.1) is 15.6 Å². The van der Waals surface area contributed by atoms with Crippen molar-refractivity contribution in [3.05, 3.63) is 56.5 Å². The van der Waals surface area contributed by atoms with Crippen molar-refractivity contribution in [3.63, 3.8) is 0 Å². The average Bonchev–Trinajstić information content (AvgIpc) is 2.65. The summed E-state index contributed by atoms with van der Waals surface area (Å²) in [6.07, 6.45) is 2.67. The second kappa shape index (κ2) is 8.49. The van der Waals surface area contributed by atoms with Gasteiger partial charge in [-0.1, -0.05) is 45.6 Å². The number of nitrogens with one attached hydrogen (secondary N) is 1. The number of rotatable bonds is 4. The minimum absolute atomic E-state index is 0.00999. The van der Waals surface area contributed by atoms with Gasteiger partial charge in [-0.2, -0.15) is 4.31 Å². The predicted octanol–water partition coefficient (Wildman–Crippen LogP) is 5.18. The third-order valence-corrected chi connectivity index (χ3v) is 7.50. The van der Waals surface area contributed by atoms with E-state index in [4.69, 9.17) is 23.2 Å². The molecule has 1 N–H and O–H groups in total. The molecule has 1 aliphatic rings. The molecule has 1 amide bonds. The van der Waals surface area contributed by atoms with Crippen molar-refractivity contribution in [2.24, 2.45) is 0 Å². The minimum Gasteiger partial charge on any atom is -0.322 e. The summed E-state index contributed by atoms with van der Waals surface area (Å²) in [6, 6.07) is 9.34. The van der Waals surface area contributed by atoms with Crippen molar-refractivity contribution in [2.45, 2.75) is 24.2 Å². The van der Waals surface area contributed by atoms with Gasteiger partial charge < -0.3 is 5.32 Å². The first-order chi connectivity index (χ1) is 12.8. The Morgan fingerprint density at radius 1 is 1.00 bits per heavy atom. The lowest BCUT2D eigenvalue weighted by Crippen LogP contribution is -2.35. The monoisotopic (exact) mass is 490 g/mol. The molecule has 0 unspecified atom stereocenters. The number of anilines is 1. The van der Waals surface area contributed by atoms with Crippen LogP contribution in [0.4, 0.5) is 5.69 Å². The Labute approximate surface area is 176 Å². The van der Waals surface area contributed by atoms with Crippen LogP contribution < -0.4 is 5.32 Å². The Morgan fingerprint density at radius 2 is 1.67 bits per heavy atom.